The molecular formula is C16H24N2O. The smallest absolute Gasteiger partial charge is 0.220 e. The van der Waals surface area contributed by atoms with Gasteiger partial charge in [0.05, 0.1) is 0 Å². The molecule has 0 aromatic heterocycles. The molecular weight excluding hydrogens is 236 g/mol. The molecule has 1 unspecified atom stereocenters. The van der Waals surface area contributed by atoms with E-state index in [0.717, 1.165) is 13.1 Å². The van der Waals surface area contributed by atoms with Gasteiger partial charge in [-0.2, -0.15) is 0 Å². The van der Waals surface area contributed by atoms with Crippen LogP contribution in [0.2, 0.25) is 0 Å². The number of amides is 1. The van der Waals surface area contributed by atoms with Gasteiger partial charge in [0, 0.05) is 24.7 Å². The Bertz CT molecular complexity index is 421. The molecule has 2 rings (SSSR count). The lowest BCUT2D eigenvalue weighted by molar-refractivity contribution is -0.121. The van der Waals surface area contributed by atoms with Gasteiger partial charge in [-0.3, -0.25) is 4.79 Å². The Morgan fingerprint density at radius 1 is 1.11 bits per heavy atom. The van der Waals surface area contributed by atoms with Crippen molar-refractivity contribution in [3.63, 3.8) is 0 Å². The Morgan fingerprint density at radius 3 is 2.21 bits per heavy atom. The topological polar surface area (TPSA) is 46.3 Å². The molecule has 1 aliphatic heterocycles. The summed E-state index contributed by atoms with van der Waals surface area (Å²) in [5.41, 5.74) is 7.85. The predicted molar refractivity (Wildman–Crippen MR) is 79.3 cm³/mol. The molecule has 1 aromatic rings. The quantitative estimate of drug-likeness (QED) is 0.904. The van der Waals surface area contributed by atoms with Crippen LogP contribution in [0.1, 0.15) is 44.6 Å². The Labute approximate surface area is 115 Å². The van der Waals surface area contributed by atoms with Crippen LogP contribution < -0.4 is 10.6 Å². The van der Waals surface area contributed by atoms with Gasteiger partial charge in [0.15, 0.2) is 0 Å². The minimum absolute atomic E-state index is 0.124. The summed E-state index contributed by atoms with van der Waals surface area (Å²) in [5, 5.41) is 0. The molecule has 0 saturated carbocycles. The second-order valence-corrected chi connectivity index (χ2v) is 5.62. The van der Waals surface area contributed by atoms with E-state index in [-0.39, 0.29) is 17.7 Å². The number of nitrogens with zero attached hydrogens (tertiary/aromatic N) is 1. The van der Waals surface area contributed by atoms with Crippen molar-refractivity contribution in [2.24, 2.45) is 11.7 Å². The first-order chi connectivity index (χ1) is 9.09. The highest BCUT2D eigenvalue weighted by molar-refractivity contribution is 5.77. The number of piperidine rings is 1. The molecule has 1 amide bonds. The molecule has 0 bridgehead atoms. The van der Waals surface area contributed by atoms with Gasteiger partial charge in [-0.1, -0.05) is 26.0 Å². The molecule has 3 nitrogen and oxygen atoms in total. The largest absolute Gasteiger partial charge is 0.372 e. The first-order valence-corrected chi connectivity index (χ1v) is 7.24. The van der Waals surface area contributed by atoms with E-state index in [1.807, 2.05) is 6.92 Å². The molecule has 0 aliphatic carbocycles. The van der Waals surface area contributed by atoms with E-state index in [9.17, 15) is 4.79 Å². The van der Waals surface area contributed by atoms with E-state index >= 15 is 0 Å². The van der Waals surface area contributed by atoms with Crippen molar-refractivity contribution in [2.75, 3.05) is 18.0 Å². The maximum Gasteiger partial charge on any atom is 0.220 e. The number of carbonyl (C=O) groups is 1. The van der Waals surface area contributed by atoms with Gasteiger partial charge in [0.25, 0.3) is 0 Å². The van der Waals surface area contributed by atoms with Gasteiger partial charge < -0.3 is 10.6 Å². The Hall–Kier alpha value is -1.51. The fraction of sp³-hybridized carbons (Fsp3) is 0.562. The zero-order chi connectivity index (χ0) is 13.8. The Balaban J connectivity index is 2.07. The highest BCUT2D eigenvalue weighted by Crippen LogP contribution is 2.27. The number of nitrogens with two attached hydrogens (primary N) is 1. The minimum atomic E-state index is -0.229. The molecule has 19 heavy (non-hydrogen) atoms. The summed E-state index contributed by atoms with van der Waals surface area (Å²) in [7, 11) is 0. The molecule has 2 atom stereocenters. The monoisotopic (exact) mass is 260 g/mol. The molecule has 1 aliphatic rings. The van der Waals surface area contributed by atoms with Crippen LogP contribution in [0.5, 0.6) is 0 Å². The lowest BCUT2D eigenvalue weighted by Gasteiger charge is -2.29. The lowest BCUT2D eigenvalue weighted by atomic mass is 9.88. The molecule has 0 spiro atoms. The number of carbonyl (C=O) groups excluding carboxylic acids is 1. The standard InChI is InChI=1S/C16H24N2O/c1-12(13(2)16(17)19)14-6-8-15(9-7-14)18-10-4-3-5-11-18/h6-9,12-13H,3-5,10-11H2,1-2H3,(H2,17,19)/t12-,13?/m0/s1. The van der Waals surface area contributed by atoms with Crippen LogP contribution in [-0.4, -0.2) is 19.0 Å². The normalized spacial score (nSPS) is 18.9. The van der Waals surface area contributed by atoms with Crippen molar-refractivity contribution < 1.29 is 4.79 Å². The maximum absolute atomic E-state index is 11.2. The van der Waals surface area contributed by atoms with Crippen LogP contribution in [0.25, 0.3) is 0 Å². The summed E-state index contributed by atoms with van der Waals surface area (Å²) >= 11 is 0. The van der Waals surface area contributed by atoms with Gasteiger partial charge in [-0.05, 0) is 42.9 Å². The first-order valence-electron chi connectivity index (χ1n) is 7.24. The number of hydrogen-bond donors (Lipinski definition) is 1. The SMILES string of the molecule is CC(C(N)=O)[C@H](C)c1ccc(N2CCCCC2)cc1. The molecule has 1 fully saturated rings. The molecule has 3 heteroatoms. The second-order valence-electron chi connectivity index (χ2n) is 5.62. The lowest BCUT2D eigenvalue weighted by Crippen LogP contribution is -2.29. The van der Waals surface area contributed by atoms with Crippen molar-refractivity contribution in [3.05, 3.63) is 29.8 Å². The fourth-order valence-electron chi connectivity index (χ4n) is 2.68. The minimum Gasteiger partial charge on any atom is -0.372 e. The molecule has 1 aromatic carbocycles. The number of primary amides is 1. The summed E-state index contributed by atoms with van der Waals surface area (Å²) in [5.74, 6) is -0.179. The first kappa shape index (κ1) is 13.9. The van der Waals surface area contributed by atoms with Crippen molar-refractivity contribution in [3.8, 4) is 0 Å². The van der Waals surface area contributed by atoms with Gasteiger partial charge in [0.2, 0.25) is 5.91 Å². The van der Waals surface area contributed by atoms with Gasteiger partial charge in [-0.15, -0.1) is 0 Å². The molecule has 1 heterocycles. The Kier molecular flexibility index (Phi) is 4.46. The van der Waals surface area contributed by atoms with E-state index in [0.29, 0.717) is 0 Å². The molecule has 2 N–H and O–H groups in total. The number of rotatable bonds is 4. The van der Waals surface area contributed by atoms with E-state index in [1.165, 1.54) is 30.5 Å². The van der Waals surface area contributed by atoms with Gasteiger partial charge >= 0.3 is 0 Å². The van der Waals surface area contributed by atoms with Crippen LogP contribution in [-0.2, 0) is 4.79 Å². The average molecular weight is 260 g/mol. The van der Waals surface area contributed by atoms with Crippen LogP contribution in [0.4, 0.5) is 5.69 Å². The van der Waals surface area contributed by atoms with E-state index < -0.39 is 0 Å². The summed E-state index contributed by atoms with van der Waals surface area (Å²) in [4.78, 5) is 13.7. The number of anilines is 1. The van der Waals surface area contributed by atoms with E-state index in [4.69, 9.17) is 5.73 Å². The van der Waals surface area contributed by atoms with Crippen LogP contribution in [0.3, 0.4) is 0 Å². The molecule has 0 radical (unpaired) electrons. The molecule has 104 valence electrons. The zero-order valence-corrected chi connectivity index (χ0v) is 11.9. The third-order valence-corrected chi connectivity index (χ3v) is 4.34. The van der Waals surface area contributed by atoms with Crippen molar-refractivity contribution in [1.82, 2.24) is 0 Å². The summed E-state index contributed by atoms with van der Waals surface area (Å²) in [6.07, 6.45) is 3.93. The fourth-order valence-corrected chi connectivity index (χ4v) is 2.68. The van der Waals surface area contributed by atoms with Crippen molar-refractivity contribution in [1.29, 1.82) is 0 Å². The second kappa shape index (κ2) is 6.09. The molecule has 1 saturated heterocycles. The third kappa shape index (κ3) is 3.28. The van der Waals surface area contributed by atoms with Crippen LogP contribution in [0, 0.1) is 5.92 Å². The van der Waals surface area contributed by atoms with Gasteiger partial charge in [0.1, 0.15) is 0 Å². The van der Waals surface area contributed by atoms with Crippen LogP contribution in [0.15, 0.2) is 24.3 Å². The predicted octanol–water partition coefficient (Wildman–Crippen LogP) is 2.90. The average Bonchev–Trinajstić information content (AvgIpc) is 2.46. The summed E-state index contributed by atoms with van der Waals surface area (Å²) in [6.45, 7) is 6.27. The summed E-state index contributed by atoms with van der Waals surface area (Å²) in [6, 6.07) is 8.61. The number of benzene rings is 1. The van der Waals surface area contributed by atoms with Gasteiger partial charge in [-0.25, -0.2) is 0 Å². The van der Waals surface area contributed by atoms with Crippen molar-refractivity contribution >= 4 is 11.6 Å². The number of hydrogen-bond acceptors (Lipinski definition) is 2. The van der Waals surface area contributed by atoms with Crippen LogP contribution >= 0.6 is 0 Å². The third-order valence-electron chi connectivity index (χ3n) is 4.34. The van der Waals surface area contributed by atoms with E-state index in [2.05, 4.69) is 36.1 Å². The zero-order valence-electron chi connectivity index (χ0n) is 11.9. The maximum atomic E-state index is 11.2. The summed E-state index contributed by atoms with van der Waals surface area (Å²) < 4.78 is 0. The van der Waals surface area contributed by atoms with E-state index in [1.54, 1.807) is 0 Å². The Morgan fingerprint density at radius 2 is 1.68 bits per heavy atom. The van der Waals surface area contributed by atoms with Crippen molar-refractivity contribution in [2.45, 2.75) is 39.0 Å². The highest BCUT2D eigenvalue weighted by Gasteiger charge is 2.19. The highest BCUT2D eigenvalue weighted by atomic mass is 16.1.